The summed E-state index contributed by atoms with van der Waals surface area (Å²) in [6, 6.07) is 4.17. The van der Waals surface area contributed by atoms with E-state index in [1.165, 1.54) is 11.1 Å². The van der Waals surface area contributed by atoms with E-state index >= 15 is 0 Å². The molecule has 0 aliphatic carbocycles. The van der Waals surface area contributed by atoms with Crippen molar-refractivity contribution in [2.24, 2.45) is 0 Å². The molecule has 0 saturated carbocycles. The molecule has 1 spiro atoms. The Kier molecular flexibility index (Phi) is 6.27. The fourth-order valence-corrected chi connectivity index (χ4v) is 4.76. The van der Waals surface area contributed by atoms with Gasteiger partial charge in [0.1, 0.15) is 0 Å². The van der Waals surface area contributed by atoms with Crippen LogP contribution in [-0.2, 0) is 26.3 Å². The Bertz CT molecular complexity index is 724. The molecule has 160 valence electrons. The molecule has 1 N–H and O–H groups in total. The number of methoxy groups -OCH3 is 2. The number of likely N-dealkylation sites (tertiary alicyclic amines) is 1. The highest BCUT2D eigenvalue weighted by Gasteiger charge is 2.41. The number of hydrogen-bond donors (Lipinski definition) is 1. The van der Waals surface area contributed by atoms with Gasteiger partial charge in [0.2, 0.25) is 5.91 Å². The predicted octanol–water partition coefficient (Wildman–Crippen LogP) is 1.86. The van der Waals surface area contributed by atoms with Crippen LogP contribution in [0.15, 0.2) is 12.1 Å². The number of rotatable bonds is 6. The van der Waals surface area contributed by atoms with E-state index in [0.29, 0.717) is 19.7 Å². The van der Waals surface area contributed by atoms with E-state index in [0.717, 1.165) is 63.3 Å². The van der Waals surface area contributed by atoms with Gasteiger partial charge >= 0.3 is 0 Å². The number of piperidine rings is 1. The van der Waals surface area contributed by atoms with Gasteiger partial charge in [0.15, 0.2) is 11.5 Å². The van der Waals surface area contributed by atoms with Crippen LogP contribution in [0.3, 0.4) is 0 Å². The van der Waals surface area contributed by atoms with Crippen molar-refractivity contribution in [2.45, 2.75) is 43.8 Å². The third kappa shape index (κ3) is 4.37. The highest BCUT2D eigenvalue weighted by Crippen LogP contribution is 2.45. The quantitative estimate of drug-likeness (QED) is 0.781. The molecule has 3 aliphatic rings. The zero-order valence-corrected chi connectivity index (χ0v) is 17.5. The van der Waals surface area contributed by atoms with Crippen molar-refractivity contribution >= 4 is 5.91 Å². The SMILES string of the molecule is COc1cc2c(cc1OC)C1(CCN(CC(=O)NCC3CCCO3)CC1)OCC2. The summed E-state index contributed by atoms with van der Waals surface area (Å²) in [6.45, 7) is 4.25. The summed E-state index contributed by atoms with van der Waals surface area (Å²) in [5.41, 5.74) is 2.19. The molecule has 0 bridgehead atoms. The first-order chi connectivity index (χ1) is 14.1. The van der Waals surface area contributed by atoms with Crippen molar-refractivity contribution in [3.8, 4) is 11.5 Å². The first-order valence-electron chi connectivity index (χ1n) is 10.6. The van der Waals surface area contributed by atoms with Gasteiger partial charge in [-0.1, -0.05) is 0 Å². The maximum atomic E-state index is 12.3. The summed E-state index contributed by atoms with van der Waals surface area (Å²) in [5.74, 6) is 1.59. The number of nitrogens with one attached hydrogen (secondary N) is 1. The molecule has 1 unspecified atom stereocenters. The van der Waals surface area contributed by atoms with Gasteiger partial charge in [0, 0.05) is 26.2 Å². The standard InChI is InChI=1S/C22H32N2O5/c1-26-19-12-16-5-11-29-22(18(16)13-20(19)27-2)6-8-24(9-7-22)15-21(25)23-14-17-4-3-10-28-17/h12-13,17H,3-11,14-15H2,1-2H3,(H,23,25). The summed E-state index contributed by atoms with van der Waals surface area (Å²) >= 11 is 0. The summed E-state index contributed by atoms with van der Waals surface area (Å²) in [6.07, 6.45) is 4.93. The zero-order valence-electron chi connectivity index (χ0n) is 17.5. The van der Waals surface area contributed by atoms with Crippen molar-refractivity contribution < 1.29 is 23.7 Å². The highest BCUT2D eigenvalue weighted by molar-refractivity contribution is 5.78. The summed E-state index contributed by atoms with van der Waals surface area (Å²) in [5, 5.41) is 3.02. The normalized spacial score (nSPS) is 23.6. The maximum absolute atomic E-state index is 12.3. The molecule has 0 aromatic heterocycles. The number of amides is 1. The average Bonchev–Trinajstić information content (AvgIpc) is 3.27. The van der Waals surface area contributed by atoms with Crippen LogP contribution in [0.1, 0.15) is 36.8 Å². The van der Waals surface area contributed by atoms with Gasteiger partial charge in [-0.05, 0) is 55.4 Å². The van der Waals surface area contributed by atoms with E-state index in [1.807, 2.05) is 0 Å². The molecule has 1 amide bonds. The molecule has 1 aromatic carbocycles. The molecule has 7 nitrogen and oxygen atoms in total. The van der Waals surface area contributed by atoms with Crippen molar-refractivity contribution in [1.82, 2.24) is 10.2 Å². The van der Waals surface area contributed by atoms with Gasteiger partial charge < -0.3 is 24.3 Å². The first-order valence-corrected chi connectivity index (χ1v) is 10.6. The van der Waals surface area contributed by atoms with E-state index in [-0.39, 0.29) is 17.6 Å². The number of carbonyl (C=O) groups is 1. The molecular weight excluding hydrogens is 372 g/mol. The molecule has 1 atom stereocenters. The van der Waals surface area contributed by atoms with Crippen LogP contribution in [0, 0.1) is 0 Å². The van der Waals surface area contributed by atoms with Crippen molar-refractivity contribution in [1.29, 1.82) is 0 Å². The minimum atomic E-state index is -0.294. The van der Waals surface area contributed by atoms with Gasteiger partial charge in [0.25, 0.3) is 0 Å². The monoisotopic (exact) mass is 404 g/mol. The second kappa shape index (κ2) is 8.90. The van der Waals surface area contributed by atoms with Crippen LogP contribution >= 0.6 is 0 Å². The van der Waals surface area contributed by atoms with Crippen LogP contribution < -0.4 is 14.8 Å². The lowest BCUT2D eigenvalue weighted by Gasteiger charge is -2.45. The number of hydrogen-bond acceptors (Lipinski definition) is 6. The fraction of sp³-hybridized carbons (Fsp3) is 0.682. The Morgan fingerprint density at radius 3 is 2.66 bits per heavy atom. The Morgan fingerprint density at radius 1 is 1.21 bits per heavy atom. The number of benzene rings is 1. The van der Waals surface area contributed by atoms with E-state index in [9.17, 15) is 4.79 Å². The molecular formula is C22H32N2O5. The number of fused-ring (bicyclic) bond motifs is 2. The largest absolute Gasteiger partial charge is 0.493 e. The minimum absolute atomic E-state index is 0.0767. The number of nitrogens with zero attached hydrogens (tertiary/aromatic N) is 1. The molecule has 29 heavy (non-hydrogen) atoms. The first kappa shape index (κ1) is 20.4. The van der Waals surface area contributed by atoms with Gasteiger partial charge in [-0.2, -0.15) is 0 Å². The summed E-state index contributed by atoms with van der Waals surface area (Å²) in [7, 11) is 3.33. The molecule has 3 aliphatic heterocycles. The third-order valence-corrected chi connectivity index (χ3v) is 6.43. The van der Waals surface area contributed by atoms with Crippen molar-refractivity contribution in [2.75, 3.05) is 53.6 Å². The van der Waals surface area contributed by atoms with Crippen molar-refractivity contribution in [3.63, 3.8) is 0 Å². The number of carbonyl (C=O) groups excluding carboxylic acids is 1. The van der Waals surface area contributed by atoms with Crippen LogP contribution in [-0.4, -0.2) is 70.5 Å². The molecule has 7 heteroatoms. The van der Waals surface area contributed by atoms with E-state index in [1.54, 1.807) is 14.2 Å². The van der Waals surface area contributed by atoms with E-state index in [2.05, 4.69) is 22.3 Å². The molecule has 0 radical (unpaired) electrons. The van der Waals surface area contributed by atoms with Crippen LogP contribution in [0.2, 0.25) is 0 Å². The number of ether oxygens (including phenoxy) is 4. The molecule has 3 heterocycles. The second-order valence-electron chi connectivity index (χ2n) is 8.17. The van der Waals surface area contributed by atoms with E-state index in [4.69, 9.17) is 18.9 Å². The topological polar surface area (TPSA) is 69.3 Å². The lowest BCUT2D eigenvalue weighted by molar-refractivity contribution is -0.126. The van der Waals surface area contributed by atoms with E-state index < -0.39 is 0 Å². The Labute approximate surface area is 172 Å². The molecule has 4 rings (SSSR count). The van der Waals surface area contributed by atoms with Gasteiger partial charge in [-0.25, -0.2) is 0 Å². The van der Waals surface area contributed by atoms with Gasteiger partial charge in [-0.3, -0.25) is 9.69 Å². The maximum Gasteiger partial charge on any atom is 0.234 e. The molecule has 2 saturated heterocycles. The predicted molar refractivity (Wildman–Crippen MR) is 109 cm³/mol. The lowest BCUT2D eigenvalue weighted by Crippen LogP contribution is -2.49. The van der Waals surface area contributed by atoms with Crippen LogP contribution in [0.25, 0.3) is 0 Å². The van der Waals surface area contributed by atoms with Crippen molar-refractivity contribution in [3.05, 3.63) is 23.3 Å². The molecule has 2 fully saturated rings. The Balaban J connectivity index is 1.37. The Hall–Kier alpha value is -1.83. The minimum Gasteiger partial charge on any atom is -0.493 e. The van der Waals surface area contributed by atoms with Gasteiger partial charge in [0.05, 0.1) is 39.1 Å². The summed E-state index contributed by atoms with van der Waals surface area (Å²) < 4.78 is 22.9. The highest BCUT2D eigenvalue weighted by atomic mass is 16.5. The average molecular weight is 405 g/mol. The summed E-state index contributed by atoms with van der Waals surface area (Å²) in [4.78, 5) is 14.5. The lowest BCUT2D eigenvalue weighted by atomic mass is 9.79. The smallest absolute Gasteiger partial charge is 0.234 e. The zero-order chi connectivity index (χ0) is 20.3. The fourth-order valence-electron chi connectivity index (χ4n) is 4.76. The molecule has 1 aromatic rings. The van der Waals surface area contributed by atoms with Crippen LogP contribution in [0.5, 0.6) is 11.5 Å². The third-order valence-electron chi connectivity index (χ3n) is 6.43. The van der Waals surface area contributed by atoms with Crippen LogP contribution in [0.4, 0.5) is 0 Å². The van der Waals surface area contributed by atoms with Gasteiger partial charge in [-0.15, -0.1) is 0 Å². The Morgan fingerprint density at radius 2 is 1.97 bits per heavy atom. The second-order valence-corrected chi connectivity index (χ2v) is 8.17.